The second-order valence-corrected chi connectivity index (χ2v) is 3.64. The Morgan fingerprint density at radius 3 is 1.71 bits per heavy atom. The fraction of sp³-hybridized carbons (Fsp3) is 0.167. The molecule has 2 heteroatoms. The van der Waals surface area contributed by atoms with Gasteiger partial charge in [0.15, 0.2) is 0 Å². The van der Waals surface area contributed by atoms with E-state index in [1.165, 1.54) is 0 Å². The van der Waals surface area contributed by atoms with Gasteiger partial charge < -0.3 is 8.83 Å². The predicted molar refractivity (Wildman–Crippen MR) is 55.5 cm³/mol. The van der Waals surface area contributed by atoms with Crippen LogP contribution in [0, 0.1) is 13.8 Å². The van der Waals surface area contributed by atoms with E-state index >= 15 is 0 Å². The van der Waals surface area contributed by atoms with Crippen molar-refractivity contribution in [1.82, 2.24) is 0 Å². The molecule has 0 bridgehead atoms. The van der Waals surface area contributed by atoms with Gasteiger partial charge in [-0.3, -0.25) is 0 Å². The van der Waals surface area contributed by atoms with Crippen LogP contribution in [0.4, 0.5) is 0 Å². The standard InChI is InChI=1S/C12H10O2/c1-7-3-9-5-10-4-8(2)14-12(10)6-11(9)13-7/h3-6H,1-2H3. The van der Waals surface area contributed by atoms with E-state index in [1.54, 1.807) is 0 Å². The van der Waals surface area contributed by atoms with E-state index in [1.807, 2.05) is 32.0 Å². The normalized spacial score (nSPS) is 11.6. The molecule has 70 valence electrons. The highest BCUT2D eigenvalue weighted by molar-refractivity contribution is 5.93. The average Bonchev–Trinajstić information content (AvgIpc) is 2.59. The van der Waals surface area contributed by atoms with Crippen LogP contribution >= 0.6 is 0 Å². The molecule has 0 radical (unpaired) electrons. The Bertz CT molecular complexity index is 511. The summed E-state index contributed by atoms with van der Waals surface area (Å²) in [6.07, 6.45) is 0. The summed E-state index contributed by atoms with van der Waals surface area (Å²) in [4.78, 5) is 0. The molecule has 2 aromatic heterocycles. The minimum atomic E-state index is 0.893. The Labute approximate surface area is 81.1 Å². The van der Waals surface area contributed by atoms with E-state index in [9.17, 15) is 0 Å². The molecule has 0 aliphatic heterocycles. The molecule has 0 atom stereocenters. The maximum Gasteiger partial charge on any atom is 0.138 e. The van der Waals surface area contributed by atoms with E-state index in [4.69, 9.17) is 8.83 Å². The molecule has 0 fully saturated rings. The number of benzene rings is 1. The minimum Gasteiger partial charge on any atom is -0.461 e. The summed E-state index contributed by atoms with van der Waals surface area (Å²) in [5.41, 5.74) is 1.79. The average molecular weight is 186 g/mol. The van der Waals surface area contributed by atoms with Gasteiger partial charge in [0.05, 0.1) is 0 Å². The van der Waals surface area contributed by atoms with Crippen LogP contribution in [0.25, 0.3) is 21.9 Å². The number of furan rings is 2. The molecule has 0 saturated heterocycles. The second-order valence-electron chi connectivity index (χ2n) is 3.64. The van der Waals surface area contributed by atoms with Crippen LogP contribution in [0.15, 0.2) is 33.1 Å². The van der Waals surface area contributed by atoms with Gasteiger partial charge in [-0.2, -0.15) is 0 Å². The Morgan fingerprint density at radius 2 is 1.21 bits per heavy atom. The first kappa shape index (κ1) is 7.68. The van der Waals surface area contributed by atoms with Crippen LogP contribution in [0.5, 0.6) is 0 Å². The Morgan fingerprint density at radius 1 is 0.714 bits per heavy atom. The fourth-order valence-electron chi connectivity index (χ4n) is 1.84. The first-order valence-corrected chi connectivity index (χ1v) is 4.63. The van der Waals surface area contributed by atoms with E-state index in [0.717, 1.165) is 33.5 Å². The highest BCUT2D eigenvalue weighted by atomic mass is 16.3. The summed E-state index contributed by atoms with van der Waals surface area (Å²) in [5.74, 6) is 1.87. The summed E-state index contributed by atoms with van der Waals surface area (Å²) in [6.45, 7) is 3.90. The maximum absolute atomic E-state index is 5.53. The van der Waals surface area contributed by atoms with E-state index in [-0.39, 0.29) is 0 Å². The molecule has 0 N–H and O–H groups in total. The quantitative estimate of drug-likeness (QED) is 0.533. The van der Waals surface area contributed by atoms with Gasteiger partial charge >= 0.3 is 0 Å². The van der Waals surface area contributed by atoms with Crippen LogP contribution in [0.1, 0.15) is 11.5 Å². The van der Waals surface area contributed by atoms with Gasteiger partial charge in [-0.05, 0) is 32.0 Å². The molecule has 0 unspecified atom stereocenters. The van der Waals surface area contributed by atoms with Crippen molar-refractivity contribution in [3.05, 3.63) is 35.8 Å². The Kier molecular flexibility index (Phi) is 1.32. The summed E-state index contributed by atoms with van der Waals surface area (Å²) in [5, 5.41) is 2.27. The summed E-state index contributed by atoms with van der Waals surface area (Å²) in [7, 11) is 0. The zero-order valence-corrected chi connectivity index (χ0v) is 8.13. The van der Waals surface area contributed by atoms with Crippen LogP contribution in [-0.2, 0) is 0 Å². The number of fused-ring (bicyclic) bond motifs is 2. The molecular formula is C12H10O2. The highest BCUT2D eigenvalue weighted by Crippen LogP contribution is 2.27. The number of aryl methyl sites for hydroxylation is 2. The molecular weight excluding hydrogens is 176 g/mol. The molecule has 2 heterocycles. The topological polar surface area (TPSA) is 26.3 Å². The molecule has 2 nitrogen and oxygen atoms in total. The van der Waals surface area contributed by atoms with Crippen molar-refractivity contribution in [3.8, 4) is 0 Å². The fourth-order valence-corrected chi connectivity index (χ4v) is 1.84. The smallest absolute Gasteiger partial charge is 0.138 e. The summed E-state index contributed by atoms with van der Waals surface area (Å²) >= 11 is 0. The van der Waals surface area contributed by atoms with Crippen LogP contribution in [-0.4, -0.2) is 0 Å². The van der Waals surface area contributed by atoms with Crippen molar-refractivity contribution in [3.63, 3.8) is 0 Å². The summed E-state index contributed by atoms with van der Waals surface area (Å²) in [6, 6.07) is 8.12. The van der Waals surface area contributed by atoms with Crippen molar-refractivity contribution in [2.45, 2.75) is 13.8 Å². The highest BCUT2D eigenvalue weighted by Gasteiger charge is 2.05. The predicted octanol–water partition coefficient (Wildman–Crippen LogP) is 3.80. The monoisotopic (exact) mass is 186 g/mol. The lowest BCUT2D eigenvalue weighted by Crippen LogP contribution is -1.63. The molecule has 0 aliphatic rings. The van der Waals surface area contributed by atoms with Crippen molar-refractivity contribution in [1.29, 1.82) is 0 Å². The van der Waals surface area contributed by atoms with Gasteiger partial charge in [0.2, 0.25) is 0 Å². The Hall–Kier alpha value is -1.70. The van der Waals surface area contributed by atoms with Crippen molar-refractivity contribution >= 4 is 21.9 Å². The summed E-state index contributed by atoms with van der Waals surface area (Å²) < 4.78 is 11.1. The first-order chi connectivity index (χ1) is 6.72. The zero-order valence-electron chi connectivity index (χ0n) is 8.13. The SMILES string of the molecule is Cc1cc2cc3cc(C)oc3cc2o1. The molecule has 0 aliphatic carbocycles. The molecule has 14 heavy (non-hydrogen) atoms. The lowest BCUT2D eigenvalue weighted by molar-refractivity contribution is 0.568. The molecule has 0 amide bonds. The second kappa shape index (κ2) is 2.41. The Balaban J connectivity index is 2.49. The zero-order chi connectivity index (χ0) is 9.71. The minimum absolute atomic E-state index is 0.893. The third-order valence-electron chi connectivity index (χ3n) is 2.40. The number of rotatable bonds is 0. The third-order valence-corrected chi connectivity index (χ3v) is 2.40. The number of hydrogen-bond donors (Lipinski definition) is 0. The van der Waals surface area contributed by atoms with Crippen molar-refractivity contribution < 1.29 is 8.83 Å². The molecule has 1 aromatic carbocycles. The molecule has 0 spiro atoms. The third kappa shape index (κ3) is 0.970. The van der Waals surface area contributed by atoms with Gasteiger partial charge in [0.25, 0.3) is 0 Å². The lowest BCUT2D eigenvalue weighted by atomic mass is 10.2. The van der Waals surface area contributed by atoms with Crippen LogP contribution in [0.3, 0.4) is 0 Å². The van der Waals surface area contributed by atoms with E-state index in [2.05, 4.69) is 6.07 Å². The van der Waals surface area contributed by atoms with Crippen molar-refractivity contribution in [2.75, 3.05) is 0 Å². The van der Waals surface area contributed by atoms with E-state index in [0.29, 0.717) is 0 Å². The van der Waals surface area contributed by atoms with Crippen molar-refractivity contribution in [2.24, 2.45) is 0 Å². The largest absolute Gasteiger partial charge is 0.461 e. The van der Waals surface area contributed by atoms with Crippen LogP contribution < -0.4 is 0 Å². The van der Waals surface area contributed by atoms with Gasteiger partial charge in [-0.25, -0.2) is 0 Å². The van der Waals surface area contributed by atoms with Gasteiger partial charge in [0, 0.05) is 16.8 Å². The molecule has 3 aromatic rings. The van der Waals surface area contributed by atoms with Gasteiger partial charge in [0.1, 0.15) is 22.7 Å². The molecule has 3 rings (SSSR count). The maximum atomic E-state index is 5.53. The van der Waals surface area contributed by atoms with Gasteiger partial charge in [-0.1, -0.05) is 0 Å². The first-order valence-electron chi connectivity index (χ1n) is 4.63. The van der Waals surface area contributed by atoms with Gasteiger partial charge in [-0.15, -0.1) is 0 Å². The lowest BCUT2D eigenvalue weighted by Gasteiger charge is -1.88. The van der Waals surface area contributed by atoms with Crippen LogP contribution in [0.2, 0.25) is 0 Å². The molecule has 0 saturated carbocycles. The number of hydrogen-bond acceptors (Lipinski definition) is 2. The van der Waals surface area contributed by atoms with E-state index < -0.39 is 0 Å².